The Morgan fingerprint density at radius 3 is 2.63 bits per heavy atom. The molecule has 7 heteroatoms. The molecular weight excluding hydrogens is 378 g/mol. The Balaban J connectivity index is 1.55. The summed E-state index contributed by atoms with van der Waals surface area (Å²) in [7, 11) is 0. The van der Waals surface area contributed by atoms with Gasteiger partial charge in [-0.15, -0.1) is 0 Å². The Morgan fingerprint density at radius 1 is 1.23 bits per heavy atom. The number of aromatic nitrogens is 2. The third kappa shape index (κ3) is 3.96. The molecule has 0 saturated heterocycles. The van der Waals surface area contributed by atoms with Crippen molar-refractivity contribution in [1.29, 1.82) is 5.41 Å². The lowest BCUT2D eigenvalue weighted by Gasteiger charge is -2.22. The fraction of sp³-hybridized carbons (Fsp3) is 0.304. The number of aromatic amines is 1. The molecule has 0 aliphatic heterocycles. The molecule has 5 N–H and O–H groups in total. The Labute approximate surface area is 174 Å². The SMILES string of the molecule is CC(NC(=O)c1nc2cc(N)c(C(=N)C3CCC(=O)CC3)cc2[nH]1)c1ccccc1. The van der Waals surface area contributed by atoms with Gasteiger partial charge in [-0.25, -0.2) is 4.98 Å². The van der Waals surface area contributed by atoms with Crippen molar-refractivity contribution in [3.05, 3.63) is 59.4 Å². The van der Waals surface area contributed by atoms with Crippen LogP contribution in [0.1, 0.15) is 60.4 Å². The predicted molar refractivity (Wildman–Crippen MR) is 117 cm³/mol. The second kappa shape index (κ2) is 8.10. The molecule has 3 aromatic rings. The molecule has 4 rings (SSSR count). The third-order valence-electron chi connectivity index (χ3n) is 5.76. The van der Waals surface area contributed by atoms with E-state index in [1.165, 1.54) is 0 Å². The van der Waals surface area contributed by atoms with Gasteiger partial charge in [0.1, 0.15) is 5.78 Å². The van der Waals surface area contributed by atoms with Crippen molar-refractivity contribution in [2.24, 2.45) is 5.92 Å². The van der Waals surface area contributed by atoms with Gasteiger partial charge >= 0.3 is 0 Å². The molecule has 0 bridgehead atoms. The summed E-state index contributed by atoms with van der Waals surface area (Å²) >= 11 is 0. The van der Waals surface area contributed by atoms with Crippen LogP contribution in [0, 0.1) is 11.3 Å². The summed E-state index contributed by atoms with van der Waals surface area (Å²) in [5.41, 5.74) is 9.99. The highest BCUT2D eigenvalue weighted by Crippen LogP contribution is 2.29. The molecule has 7 nitrogen and oxygen atoms in total. The van der Waals surface area contributed by atoms with Crippen LogP contribution in [0.4, 0.5) is 5.69 Å². The number of carbonyl (C=O) groups is 2. The van der Waals surface area contributed by atoms with Gasteiger partial charge in [-0.3, -0.25) is 9.59 Å². The minimum atomic E-state index is -0.302. The maximum atomic E-state index is 12.7. The monoisotopic (exact) mass is 403 g/mol. The van der Waals surface area contributed by atoms with Crippen molar-refractivity contribution in [2.75, 3.05) is 5.73 Å². The predicted octanol–water partition coefficient (Wildman–Crippen LogP) is 3.76. The highest BCUT2D eigenvalue weighted by molar-refractivity contribution is 6.07. The zero-order chi connectivity index (χ0) is 21.3. The van der Waals surface area contributed by atoms with E-state index >= 15 is 0 Å². The Hall–Kier alpha value is -3.48. The maximum Gasteiger partial charge on any atom is 0.287 e. The van der Waals surface area contributed by atoms with Crippen LogP contribution in [0.2, 0.25) is 0 Å². The lowest BCUT2D eigenvalue weighted by molar-refractivity contribution is -0.120. The van der Waals surface area contributed by atoms with E-state index in [9.17, 15) is 9.59 Å². The number of H-pyrrole nitrogens is 1. The van der Waals surface area contributed by atoms with Gasteiger partial charge in [0.15, 0.2) is 5.82 Å². The number of hydrogen-bond donors (Lipinski definition) is 4. The number of nitrogens with zero attached hydrogens (tertiary/aromatic N) is 1. The average molecular weight is 403 g/mol. The largest absolute Gasteiger partial charge is 0.398 e. The van der Waals surface area contributed by atoms with Crippen LogP contribution in [0.3, 0.4) is 0 Å². The van der Waals surface area contributed by atoms with Gasteiger partial charge in [0.2, 0.25) is 0 Å². The smallest absolute Gasteiger partial charge is 0.287 e. The second-order valence-electron chi connectivity index (χ2n) is 7.87. The summed E-state index contributed by atoms with van der Waals surface area (Å²) in [6.07, 6.45) is 2.40. The molecule has 154 valence electrons. The maximum absolute atomic E-state index is 12.7. The zero-order valence-corrected chi connectivity index (χ0v) is 16.9. The van der Waals surface area contributed by atoms with E-state index in [1.54, 1.807) is 12.1 Å². The van der Waals surface area contributed by atoms with Crippen LogP contribution in [0.15, 0.2) is 42.5 Å². The van der Waals surface area contributed by atoms with Crippen molar-refractivity contribution < 1.29 is 9.59 Å². The number of hydrogen-bond acceptors (Lipinski definition) is 5. The van der Waals surface area contributed by atoms with Gasteiger partial charge in [-0.05, 0) is 37.5 Å². The summed E-state index contributed by atoms with van der Waals surface area (Å²) in [6.45, 7) is 1.92. The second-order valence-corrected chi connectivity index (χ2v) is 7.87. The number of Topliss-reactive ketones (excluding diaryl/α,β-unsaturated/α-hetero) is 1. The zero-order valence-electron chi connectivity index (χ0n) is 16.9. The van der Waals surface area contributed by atoms with Crippen LogP contribution in [-0.2, 0) is 4.79 Å². The number of nitrogens with two attached hydrogens (primary N) is 1. The van der Waals surface area contributed by atoms with Crippen molar-refractivity contribution in [3.63, 3.8) is 0 Å². The fourth-order valence-electron chi connectivity index (χ4n) is 3.95. The number of imidazole rings is 1. The summed E-state index contributed by atoms with van der Waals surface area (Å²) in [4.78, 5) is 31.6. The number of benzene rings is 2. The standard InChI is InChI=1S/C23H25N5O2/c1-13(14-5-3-2-4-6-14)26-23(30)22-27-19-11-17(18(24)12-20(19)28-22)21(25)15-7-9-16(29)10-8-15/h2-6,11-13,15,25H,7-10,24H2,1H3,(H,26,30)(H,27,28). The highest BCUT2D eigenvalue weighted by Gasteiger charge is 2.25. The van der Waals surface area contributed by atoms with E-state index in [0.717, 1.165) is 5.56 Å². The molecule has 1 aliphatic rings. The molecule has 1 amide bonds. The number of carbonyl (C=O) groups excluding carboxylic acids is 2. The summed E-state index contributed by atoms with van der Waals surface area (Å²) in [6, 6.07) is 13.0. The Bertz CT molecular complexity index is 1110. The Kier molecular flexibility index (Phi) is 5.35. The molecule has 0 radical (unpaired) electrons. The number of nitrogen functional groups attached to an aromatic ring is 1. The van der Waals surface area contributed by atoms with Gasteiger partial charge in [0, 0.05) is 35.7 Å². The molecule has 1 heterocycles. The van der Waals surface area contributed by atoms with Gasteiger partial charge in [-0.2, -0.15) is 0 Å². The third-order valence-corrected chi connectivity index (χ3v) is 5.76. The number of ketones is 1. The lowest BCUT2D eigenvalue weighted by atomic mass is 9.82. The van der Waals surface area contributed by atoms with Crippen LogP contribution in [0.5, 0.6) is 0 Å². The van der Waals surface area contributed by atoms with Crippen molar-refractivity contribution in [3.8, 4) is 0 Å². The normalized spacial score (nSPS) is 15.8. The van der Waals surface area contributed by atoms with Gasteiger partial charge < -0.3 is 21.4 Å². The first-order valence-electron chi connectivity index (χ1n) is 10.2. The number of amides is 1. The van der Waals surface area contributed by atoms with Crippen LogP contribution in [-0.4, -0.2) is 27.4 Å². The van der Waals surface area contributed by atoms with Crippen molar-refractivity contribution >= 4 is 34.1 Å². The van der Waals surface area contributed by atoms with E-state index in [2.05, 4.69) is 15.3 Å². The van der Waals surface area contributed by atoms with E-state index in [4.69, 9.17) is 11.1 Å². The fourth-order valence-corrected chi connectivity index (χ4v) is 3.95. The number of fused-ring (bicyclic) bond motifs is 1. The van der Waals surface area contributed by atoms with E-state index in [-0.39, 0.29) is 29.5 Å². The van der Waals surface area contributed by atoms with E-state index < -0.39 is 0 Å². The number of rotatable bonds is 5. The van der Waals surface area contributed by atoms with Gasteiger partial charge in [0.05, 0.1) is 17.1 Å². The minimum Gasteiger partial charge on any atom is -0.398 e. The molecule has 1 fully saturated rings. The van der Waals surface area contributed by atoms with Crippen molar-refractivity contribution in [2.45, 2.75) is 38.6 Å². The molecule has 1 saturated carbocycles. The molecule has 30 heavy (non-hydrogen) atoms. The van der Waals surface area contributed by atoms with Crippen LogP contribution < -0.4 is 11.1 Å². The summed E-state index contributed by atoms with van der Waals surface area (Å²) in [5, 5.41) is 11.5. The topological polar surface area (TPSA) is 125 Å². The van der Waals surface area contributed by atoms with Gasteiger partial charge in [-0.1, -0.05) is 30.3 Å². The summed E-state index contributed by atoms with van der Waals surface area (Å²) in [5.74, 6) is 0.193. The Morgan fingerprint density at radius 2 is 1.93 bits per heavy atom. The lowest BCUT2D eigenvalue weighted by Crippen LogP contribution is -2.27. The molecule has 2 aromatic carbocycles. The first-order valence-corrected chi connectivity index (χ1v) is 10.2. The van der Waals surface area contributed by atoms with Gasteiger partial charge in [0.25, 0.3) is 5.91 Å². The number of nitrogens with one attached hydrogen (secondary N) is 3. The first-order chi connectivity index (χ1) is 14.4. The molecule has 1 unspecified atom stereocenters. The molecule has 1 aromatic heterocycles. The molecule has 1 aliphatic carbocycles. The molecule has 1 atom stereocenters. The van der Waals surface area contributed by atoms with E-state index in [0.29, 0.717) is 53.7 Å². The quantitative estimate of drug-likeness (QED) is 0.382. The summed E-state index contributed by atoms with van der Waals surface area (Å²) < 4.78 is 0. The van der Waals surface area contributed by atoms with Crippen LogP contribution >= 0.6 is 0 Å². The van der Waals surface area contributed by atoms with E-state index in [1.807, 2.05) is 37.3 Å². The van der Waals surface area contributed by atoms with Crippen LogP contribution in [0.25, 0.3) is 11.0 Å². The average Bonchev–Trinajstić information content (AvgIpc) is 3.17. The molecule has 0 spiro atoms. The number of anilines is 1. The minimum absolute atomic E-state index is 0.0277. The highest BCUT2D eigenvalue weighted by atomic mass is 16.2. The van der Waals surface area contributed by atoms with Crippen molar-refractivity contribution in [1.82, 2.24) is 15.3 Å². The molecular formula is C23H25N5O2. The first kappa shape index (κ1) is 19.8.